The summed E-state index contributed by atoms with van der Waals surface area (Å²) in [7, 11) is 0. The second-order valence-corrected chi connectivity index (χ2v) is 7.72. The summed E-state index contributed by atoms with van der Waals surface area (Å²) in [4.78, 5) is 0. The largest absolute Gasteiger partial charge is 0.396 e. The number of aliphatic hydroxyl groups is 1. The molecule has 3 rings (SSSR count). The molecule has 2 aliphatic carbocycles. The van der Waals surface area contributed by atoms with Crippen molar-refractivity contribution >= 4 is 0 Å². The maximum atomic E-state index is 9.81. The highest BCUT2D eigenvalue weighted by molar-refractivity contribution is 5.22. The lowest BCUT2D eigenvalue weighted by atomic mass is 9.75. The molecule has 0 aliphatic heterocycles. The molecule has 0 aromatic heterocycles. The van der Waals surface area contributed by atoms with Crippen molar-refractivity contribution < 1.29 is 5.11 Å². The van der Waals surface area contributed by atoms with Crippen LogP contribution in [0.4, 0.5) is 0 Å². The van der Waals surface area contributed by atoms with Crippen molar-refractivity contribution in [3.63, 3.8) is 0 Å². The summed E-state index contributed by atoms with van der Waals surface area (Å²) in [5.74, 6) is 2.21. The molecule has 2 saturated carbocycles. The van der Waals surface area contributed by atoms with Gasteiger partial charge in [0.05, 0.1) is 0 Å². The smallest absolute Gasteiger partial charge is 0.0488 e. The van der Waals surface area contributed by atoms with Gasteiger partial charge in [-0.05, 0) is 48.5 Å². The first-order chi connectivity index (χ1) is 10.1. The first-order valence-electron chi connectivity index (χ1n) is 8.51. The predicted octanol–water partition coefficient (Wildman–Crippen LogP) is 3.57. The van der Waals surface area contributed by atoms with Crippen LogP contribution in [0.3, 0.4) is 0 Å². The van der Waals surface area contributed by atoms with Crippen molar-refractivity contribution in [2.75, 3.05) is 13.2 Å². The van der Waals surface area contributed by atoms with Crippen LogP contribution in [-0.4, -0.2) is 24.3 Å². The Bertz CT molecular complexity index is 436. The Morgan fingerprint density at radius 2 is 1.67 bits per heavy atom. The Kier molecular flexibility index (Phi) is 4.37. The fourth-order valence-electron chi connectivity index (χ4n) is 3.52. The predicted molar refractivity (Wildman–Crippen MR) is 87.3 cm³/mol. The van der Waals surface area contributed by atoms with Gasteiger partial charge < -0.3 is 10.4 Å². The maximum Gasteiger partial charge on any atom is 0.0488 e. The van der Waals surface area contributed by atoms with Gasteiger partial charge in [-0.1, -0.05) is 44.2 Å². The Labute approximate surface area is 129 Å². The lowest BCUT2D eigenvalue weighted by Crippen LogP contribution is -2.40. The van der Waals surface area contributed by atoms with Crippen LogP contribution in [0.2, 0.25) is 0 Å². The van der Waals surface area contributed by atoms with E-state index >= 15 is 0 Å². The molecule has 2 fully saturated rings. The Hall–Kier alpha value is -0.860. The van der Waals surface area contributed by atoms with E-state index in [0.717, 1.165) is 24.4 Å². The molecule has 116 valence electrons. The van der Waals surface area contributed by atoms with Crippen molar-refractivity contribution in [2.24, 2.45) is 17.3 Å². The summed E-state index contributed by atoms with van der Waals surface area (Å²) in [6.07, 6.45) is 5.64. The van der Waals surface area contributed by atoms with Gasteiger partial charge in [-0.3, -0.25) is 0 Å². The molecule has 2 heteroatoms. The van der Waals surface area contributed by atoms with Crippen molar-refractivity contribution in [1.29, 1.82) is 0 Å². The standard InChI is InChI=1S/C19H29NO/c1-19(2,13-21)17(14-6-4-3-5-7-14)12-20-18(15-8-9-15)16-10-11-16/h3-7,15-18,20-21H,8-13H2,1-2H3. The second kappa shape index (κ2) is 6.10. The van der Waals surface area contributed by atoms with Crippen molar-refractivity contribution in [3.05, 3.63) is 35.9 Å². The van der Waals surface area contributed by atoms with Crippen LogP contribution in [0.1, 0.15) is 51.0 Å². The van der Waals surface area contributed by atoms with Crippen molar-refractivity contribution in [1.82, 2.24) is 5.32 Å². The van der Waals surface area contributed by atoms with E-state index in [1.54, 1.807) is 0 Å². The lowest BCUT2D eigenvalue weighted by molar-refractivity contribution is 0.126. The zero-order chi connectivity index (χ0) is 14.9. The second-order valence-electron chi connectivity index (χ2n) is 7.72. The molecule has 0 heterocycles. The SMILES string of the molecule is CC(C)(CO)C(CNC(C1CC1)C1CC1)c1ccccc1. The zero-order valence-electron chi connectivity index (χ0n) is 13.4. The highest BCUT2D eigenvalue weighted by Gasteiger charge is 2.42. The lowest BCUT2D eigenvalue weighted by Gasteiger charge is -2.35. The van der Waals surface area contributed by atoms with Crippen LogP contribution in [0.5, 0.6) is 0 Å². The average molecular weight is 287 g/mol. The minimum atomic E-state index is -0.0913. The van der Waals surface area contributed by atoms with E-state index in [1.807, 2.05) is 0 Å². The first kappa shape index (κ1) is 15.1. The summed E-state index contributed by atoms with van der Waals surface area (Å²) < 4.78 is 0. The van der Waals surface area contributed by atoms with Gasteiger partial charge in [-0.25, -0.2) is 0 Å². The average Bonchev–Trinajstić information content (AvgIpc) is 3.38. The van der Waals surface area contributed by atoms with Crippen LogP contribution in [0.25, 0.3) is 0 Å². The highest BCUT2D eigenvalue weighted by Crippen LogP contribution is 2.45. The summed E-state index contributed by atoms with van der Waals surface area (Å²) >= 11 is 0. The number of nitrogens with one attached hydrogen (secondary N) is 1. The normalized spacial score (nSPS) is 20.8. The molecule has 1 aromatic rings. The van der Waals surface area contributed by atoms with Gasteiger partial charge in [-0.15, -0.1) is 0 Å². The third-order valence-corrected chi connectivity index (χ3v) is 5.37. The Morgan fingerprint density at radius 1 is 1.10 bits per heavy atom. The molecule has 0 saturated heterocycles. The van der Waals surface area contributed by atoms with Crippen molar-refractivity contribution in [3.8, 4) is 0 Å². The van der Waals surface area contributed by atoms with Crippen LogP contribution in [0, 0.1) is 17.3 Å². The molecule has 0 amide bonds. The van der Waals surface area contributed by atoms with Crippen LogP contribution >= 0.6 is 0 Å². The molecule has 1 atom stereocenters. The molecule has 2 nitrogen and oxygen atoms in total. The third-order valence-electron chi connectivity index (χ3n) is 5.37. The number of rotatable bonds is 8. The van der Waals surface area contributed by atoms with E-state index in [9.17, 15) is 5.11 Å². The minimum Gasteiger partial charge on any atom is -0.396 e. The van der Waals surface area contributed by atoms with Gasteiger partial charge in [-0.2, -0.15) is 0 Å². The zero-order valence-corrected chi connectivity index (χ0v) is 13.4. The third kappa shape index (κ3) is 3.67. The molecule has 2 aliphatic rings. The van der Waals surface area contributed by atoms with Gasteiger partial charge in [0.1, 0.15) is 0 Å². The Morgan fingerprint density at radius 3 is 2.14 bits per heavy atom. The van der Waals surface area contributed by atoms with E-state index in [1.165, 1.54) is 31.2 Å². The molecule has 1 aromatic carbocycles. The number of hydrogen-bond donors (Lipinski definition) is 2. The number of benzene rings is 1. The molecule has 21 heavy (non-hydrogen) atoms. The van der Waals surface area contributed by atoms with Gasteiger partial charge in [0.15, 0.2) is 0 Å². The molecule has 0 radical (unpaired) electrons. The summed E-state index contributed by atoms with van der Waals surface area (Å²) in [5.41, 5.74) is 1.25. The summed E-state index contributed by atoms with van der Waals surface area (Å²) in [5, 5.41) is 13.7. The molecule has 0 spiro atoms. The van der Waals surface area contributed by atoms with Gasteiger partial charge in [0, 0.05) is 25.1 Å². The van der Waals surface area contributed by atoms with Crippen LogP contribution in [0.15, 0.2) is 30.3 Å². The van der Waals surface area contributed by atoms with Crippen LogP contribution < -0.4 is 5.32 Å². The molecule has 2 N–H and O–H groups in total. The van der Waals surface area contributed by atoms with Crippen molar-refractivity contribution in [2.45, 2.75) is 51.5 Å². The van der Waals surface area contributed by atoms with E-state index in [2.05, 4.69) is 49.5 Å². The van der Waals surface area contributed by atoms with Gasteiger partial charge in [0.25, 0.3) is 0 Å². The number of hydrogen-bond acceptors (Lipinski definition) is 2. The molecular formula is C19H29NO. The maximum absolute atomic E-state index is 9.81. The number of aliphatic hydroxyl groups excluding tert-OH is 1. The van der Waals surface area contributed by atoms with Crippen LogP contribution in [-0.2, 0) is 0 Å². The quantitative estimate of drug-likeness (QED) is 0.766. The summed E-state index contributed by atoms with van der Waals surface area (Å²) in [6.45, 7) is 5.56. The van der Waals surface area contributed by atoms with E-state index < -0.39 is 0 Å². The fraction of sp³-hybridized carbons (Fsp3) is 0.684. The van der Waals surface area contributed by atoms with Gasteiger partial charge in [0.2, 0.25) is 0 Å². The first-order valence-corrected chi connectivity index (χ1v) is 8.51. The topological polar surface area (TPSA) is 32.3 Å². The molecule has 0 bridgehead atoms. The molecule has 1 unspecified atom stereocenters. The molecular weight excluding hydrogens is 258 g/mol. The van der Waals surface area contributed by atoms with E-state index in [0.29, 0.717) is 5.92 Å². The van der Waals surface area contributed by atoms with Gasteiger partial charge >= 0.3 is 0 Å². The van der Waals surface area contributed by atoms with E-state index in [4.69, 9.17) is 0 Å². The monoisotopic (exact) mass is 287 g/mol. The Balaban J connectivity index is 1.70. The highest BCUT2D eigenvalue weighted by atomic mass is 16.3. The minimum absolute atomic E-state index is 0.0913. The summed E-state index contributed by atoms with van der Waals surface area (Å²) in [6, 6.07) is 11.4. The van der Waals surface area contributed by atoms with E-state index in [-0.39, 0.29) is 12.0 Å². The fourth-order valence-corrected chi connectivity index (χ4v) is 3.52.